The topological polar surface area (TPSA) is 66.5 Å². The maximum atomic E-state index is 13.3. The number of benzene rings is 2. The Morgan fingerprint density at radius 1 is 1.04 bits per heavy atom. The Hall–Kier alpha value is -2.95. The molecule has 2 aromatic rings. The van der Waals surface area contributed by atoms with Crippen molar-refractivity contribution in [2.45, 2.75) is 32.6 Å². The summed E-state index contributed by atoms with van der Waals surface area (Å²) in [5, 5.41) is 2.85. The van der Waals surface area contributed by atoms with Crippen LogP contribution in [0.15, 0.2) is 48.5 Å². The van der Waals surface area contributed by atoms with E-state index in [0.717, 1.165) is 24.1 Å². The first-order valence-corrected chi connectivity index (χ1v) is 9.34. The zero-order valence-corrected chi connectivity index (χ0v) is 15.3. The zero-order valence-electron chi connectivity index (χ0n) is 15.3. The molecule has 1 saturated carbocycles. The molecule has 0 aromatic heterocycles. The molecule has 1 fully saturated rings. The molecular weight excluding hydrogens is 340 g/mol. The number of ketones is 1. The molecule has 2 amide bonds. The number of hydrogen-bond donors (Lipinski definition) is 1. The molecule has 0 unspecified atom stereocenters. The number of carbonyl (C=O) groups excluding carboxylic acids is 3. The van der Waals surface area contributed by atoms with Gasteiger partial charge in [-0.2, -0.15) is 0 Å². The lowest BCUT2D eigenvalue weighted by Crippen LogP contribution is -2.45. The van der Waals surface area contributed by atoms with E-state index in [4.69, 9.17) is 0 Å². The van der Waals surface area contributed by atoms with E-state index in [-0.39, 0.29) is 17.6 Å². The highest BCUT2D eigenvalue weighted by Crippen LogP contribution is 2.49. The first kappa shape index (κ1) is 17.5. The average Bonchev–Trinajstić information content (AvgIpc) is 3.49. The summed E-state index contributed by atoms with van der Waals surface area (Å²) in [6, 6.07) is 14.7. The van der Waals surface area contributed by atoms with Crippen molar-refractivity contribution >= 4 is 29.0 Å². The van der Waals surface area contributed by atoms with Crippen LogP contribution in [0.2, 0.25) is 0 Å². The highest BCUT2D eigenvalue weighted by atomic mass is 16.2. The Balaban J connectivity index is 1.55. The molecular formula is C22H22N2O3. The Bertz CT molecular complexity index is 931. The standard InChI is InChI=1S/C22H22N2O3/c1-15(25)17-7-4-9-18(14-17)23-20(26)22(11-12-22)21(27)24-13-5-8-16-6-2-3-10-19(16)24/h2-4,6-7,9-10,14H,5,8,11-13H2,1H3,(H,23,26). The van der Waals surface area contributed by atoms with Crippen LogP contribution in [0.25, 0.3) is 0 Å². The van der Waals surface area contributed by atoms with Crippen LogP contribution >= 0.6 is 0 Å². The molecule has 0 saturated heterocycles. The summed E-state index contributed by atoms with van der Waals surface area (Å²) >= 11 is 0. The molecule has 0 bridgehead atoms. The van der Waals surface area contributed by atoms with Gasteiger partial charge in [-0.15, -0.1) is 0 Å². The van der Waals surface area contributed by atoms with E-state index < -0.39 is 5.41 Å². The number of hydrogen-bond acceptors (Lipinski definition) is 3. The van der Waals surface area contributed by atoms with E-state index >= 15 is 0 Å². The molecule has 1 aliphatic heterocycles. The Kier molecular flexibility index (Phi) is 4.30. The number of nitrogens with one attached hydrogen (secondary N) is 1. The van der Waals surface area contributed by atoms with E-state index in [0.29, 0.717) is 30.6 Å². The Labute approximate surface area is 158 Å². The van der Waals surface area contributed by atoms with Crippen LogP contribution in [0.3, 0.4) is 0 Å². The van der Waals surface area contributed by atoms with Crippen molar-refractivity contribution in [1.29, 1.82) is 0 Å². The predicted molar refractivity (Wildman–Crippen MR) is 104 cm³/mol. The number of rotatable bonds is 4. The number of Topliss-reactive ketones (excluding diaryl/α,β-unsaturated/α-hetero) is 1. The van der Waals surface area contributed by atoms with Crippen LogP contribution in [-0.2, 0) is 16.0 Å². The average molecular weight is 362 g/mol. The first-order chi connectivity index (χ1) is 13.0. The third-order valence-electron chi connectivity index (χ3n) is 5.48. The molecule has 2 aliphatic rings. The van der Waals surface area contributed by atoms with Gasteiger partial charge >= 0.3 is 0 Å². The van der Waals surface area contributed by atoms with E-state index in [9.17, 15) is 14.4 Å². The van der Waals surface area contributed by atoms with Crippen molar-refractivity contribution in [3.8, 4) is 0 Å². The van der Waals surface area contributed by atoms with Crippen LogP contribution in [0.1, 0.15) is 42.1 Å². The van der Waals surface area contributed by atoms with Crippen molar-refractivity contribution in [3.05, 3.63) is 59.7 Å². The van der Waals surface area contributed by atoms with E-state index in [1.807, 2.05) is 24.3 Å². The van der Waals surface area contributed by atoms with Gasteiger partial charge in [0.2, 0.25) is 11.8 Å². The SMILES string of the molecule is CC(=O)c1cccc(NC(=O)C2(C(=O)N3CCCc4ccccc43)CC2)c1. The minimum Gasteiger partial charge on any atom is -0.325 e. The van der Waals surface area contributed by atoms with Crippen molar-refractivity contribution < 1.29 is 14.4 Å². The molecule has 0 atom stereocenters. The van der Waals surface area contributed by atoms with Gasteiger partial charge in [0.25, 0.3) is 0 Å². The number of amides is 2. The van der Waals surface area contributed by atoms with Gasteiger partial charge in [0, 0.05) is 23.5 Å². The van der Waals surface area contributed by atoms with Gasteiger partial charge in [0.05, 0.1) is 0 Å². The lowest BCUT2D eigenvalue weighted by molar-refractivity contribution is -0.132. The minimum atomic E-state index is -0.989. The molecule has 1 aliphatic carbocycles. The number of carbonyl (C=O) groups is 3. The van der Waals surface area contributed by atoms with Crippen LogP contribution in [0, 0.1) is 5.41 Å². The number of para-hydroxylation sites is 1. The molecule has 27 heavy (non-hydrogen) atoms. The molecule has 138 valence electrons. The normalized spacial score (nSPS) is 17.0. The van der Waals surface area contributed by atoms with Gasteiger partial charge in [0.1, 0.15) is 5.41 Å². The molecule has 1 N–H and O–H groups in total. The third kappa shape index (κ3) is 3.14. The number of nitrogens with zero attached hydrogens (tertiary/aromatic N) is 1. The van der Waals surface area contributed by atoms with Gasteiger partial charge in [-0.1, -0.05) is 30.3 Å². The minimum absolute atomic E-state index is 0.0618. The second-order valence-electron chi connectivity index (χ2n) is 7.36. The zero-order chi connectivity index (χ0) is 19.0. The molecule has 5 nitrogen and oxygen atoms in total. The first-order valence-electron chi connectivity index (χ1n) is 9.34. The molecule has 4 rings (SSSR count). The van der Waals surface area contributed by atoms with Crippen molar-refractivity contribution in [1.82, 2.24) is 0 Å². The maximum Gasteiger partial charge on any atom is 0.242 e. The summed E-state index contributed by atoms with van der Waals surface area (Å²) in [6.45, 7) is 2.13. The van der Waals surface area contributed by atoms with Gasteiger partial charge in [-0.25, -0.2) is 0 Å². The van der Waals surface area contributed by atoms with Crippen molar-refractivity contribution in [3.63, 3.8) is 0 Å². The monoisotopic (exact) mass is 362 g/mol. The highest BCUT2D eigenvalue weighted by molar-refractivity contribution is 6.18. The van der Waals surface area contributed by atoms with Crippen LogP contribution in [0.4, 0.5) is 11.4 Å². The largest absolute Gasteiger partial charge is 0.325 e. The summed E-state index contributed by atoms with van der Waals surface area (Å²) in [5.41, 5.74) is 2.17. The quantitative estimate of drug-likeness (QED) is 0.668. The van der Waals surface area contributed by atoms with Gasteiger partial charge in [-0.05, 0) is 56.4 Å². The number of aryl methyl sites for hydroxylation is 1. The van der Waals surface area contributed by atoms with Gasteiger partial charge in [-0.3, -0.25) is 14.4 Å². The highest BCUT2D eigenvalue weighted by Gasteiger charge is 2.58. The fraction of sp³-hybridized carbons (Fsp3) is 0.318. The lowest BCUT2D eigenvalue weighted by atomic mass is 9.97. The van der Waals surface area contributed by atoms with E-state index in [1.54, 1.807) is 29.2 Å². The number of fused-ring (bicyclic) bond motifs is 1. The summed E-state index contributed by atoms with van der Waals surface area (Å²) in [5.74, 6) is -0.459. The van der Waals surface area contributed by atoms with Crippen LogP contribution in [-0.4, -0.2) is 24.1 Å². The van der Waals surface area contributed by atoms with E-state index in [2.05, 4.69) is 5.32 Å². The maximum absolute atomic E-state index is 13.3. The fourth-order valence-electron chi connectivity index (χ4n) is 3.73. The molecule has 5 heteroatoms. The van der Waals surface area contributed by atoms with Crippen LogP contribution in [0.5, 0.6) is 0 Å². The van der Waals surface area contributed by atoms with Crippen molar-refractivity contribution in [2.75, 3.05) is 16.8 Å². The van der Waals surface area contributed by atoms with E-state index in [1.165, 1.54) is 6.92 Å². The van der Waals surface area contributed by atoms with Crippen molar-refractivity contribution in [2.24, 2.45) is 5.41 Å². The summed E-state index contributed by atoms with van der Waals surface area (Å²) in [7, 11) is 0. The summed E-state index contributed by atoms with van der Waals surface area (Å²) in [4.78, 5) is 39.5. The molecule has 0 spiro atoms. The summed E-state index contributed by atoms with van der Waals surface area (Å²) < 4.78 is 0. The van der Waals surface area contributed by atoms with Crippen LogP contribution < -0.4 is 10.2 Å². The summed E-state index contributed by atoms with van der Waals surface area (Å²) in [6.07, 6.45) is 2.98. The molecule has 2 aromatic carbocycles. The lowest BCUT2D eigenvalue weighted by Gasteiger charge is -2.32. The third-order valence-corrected chi connectivity index (χ3v) is 5.48. The fourth-order valence-corrected chi connectivity index (χ4v) is 3.73. The van der Waals surface area contributed by atoms with Gasteiger partial charge in [0.15, 0.2) is 5.78 Å². The molecule has 1 heterocycles. The second kappa shape index (κ2) is 6.65. The number of anilines is 2. The smallest absolute Gasteiger partial charge is 0.242 e. The molecule has 0 radical (unpaired) electrons. The predicted octanol–water partition coefficient (Wildman–Crippen LogP) is 3.59. The Morgan fingerprint density at radius 3 is 2.56 bits per heavy atom. The Morgan fingerprint density at radius 2 is 1.81 bits per heavy atom. The van der Waals surface area contributed by atoms with Gasteiger partial charge < -0.3 is 10.2 Å². The second-order valence-corrected chi connectivity index (χ2v) is 7.36.